The normalized spacial score (nSPS) is 11.8. The smallest absolute Gasteiger partial charge is 0.239 e. The number of carbonyl (C=O) groups is 2. The number of amides is 2. The van der Waals surface area contributed by atoms with Gasteiger partial charge in [-0.1, -0.05) is 12.1 Å². The largest absolute Gasteiger partial charge is 0.348 e. The van der Waals surface area contributed by atoms with Crippen LogP contribution < -0.4 is 10.6 Å². The molecule has 0 aliphatic heterocycles. The van der Waals surface area contributed by atoms with Crippen LogP contribution in [0.1, 0.15) is 31.3 Å². The average Bonchev–Trinajstić information content (AvgIpc) is 2.91. The molecule has 1 unspecified atom stereocenters. The van der Waals surface area contributed by atoms with Crippen molar-refractivity contribution < 1.29 is 9.59 Å². The summed E-state index contributed by atoms with van der Waals surface area (Å²) in [7, 11) is 0. The highest BCUT2D eigenvalue weighted by atomic mass is 16.2. The van der Waals surface area contributed by atoms with Gasteiger partial charge in [0.15, 0.2) is 0 Å². The van der Waals surface area contributed by atoms with Crippen LogP contribution in [0, 0.1) is 6.92 Å². The minimum Gasteiger partial charge on any atom is -0.348 e. The number of imidazole rings is 1. The van der Waals surface area contributed by atoms with Crippen molar-refractivity contribution in [3.8, 4) is 5.69 Å². The summed E-state index contributed by atoms with van der Waals surface area (Å²) in [6, 6.07) is 7.79. The molecule has 22 heavy (non-hydrogen) atoms. The molecule has 0 fully saturated rings. The third kappa shape index (κ3) is 3.94. The monoisotopic (exact) mass is 300 g/mol. The molecule has 6 nitrogen and oxygen atoms in total. The average molecular weight is 300 g/mol. The highest BCUT2D eigenvalue weighted by molar-refractivity contribution is 5.83. The van der Waals surface area contributed by atoms with Gasteiger partial charge in [-0.05, 0) is 31.5 Å². The molecule has 0 saturated heterocycles. The maximum absolute atomic E-state index is 11.7. The maximum Gasteiger partial charge on any atom is 0.239 e. The van der Waals surface area contributed by atoms with E-state index in [-0.39, 0.29) is 24.4 Å². The van der Waals surface area contributed by atoms with Crippen molar-refractivity contribution in [2.24, 2.45) is 0 Å². The van der Waals surface area contributed by atoms with Crippen molar-refractivity contribution in [3.63, 3.8) is 0 Å². The van der Waals surface area contributed by atoms with Crippen molar-refractivity contribution in [2.45, 2.75) is 26.8 Å². The number of aromatic nitrogens is 2. The molecule has 0 saturated carbocycles. The lowest BCUT2D eigenvalue weighted by Crippen LogP contribution is -2.37. The fourth-order valence-electron chi connectivity index (χ4n) is 2.16. The number of hydrogen-bond donors (Lipinski definition) is 2. The third-order valence-electron chi connectivity index (χ3n) is 3.37. The number of hydrogen-bond acceptors (Lipinski definition) is 3. The van der Waals surface area contributed by atoms with E-state index in [1.807, 2.05) is 48.9 Å². The highest BCUT2D eigenvalue weighted by Gasteiger charge is 2.10. The van der Waals surface area contributed by atoms with Gasteiger partial charge in [-0.15, -0.1) is 0 Å². The lowest BCUT2D eigenvalue weighted by molar-refractivity contribution is -0.125. The summed E-state index contributed by atoms with van der Waals surface area (Å²) in [5.41, 5.74) is 2.02. The molecule has 1 aromatic carbocycles. The molecule has 1 heterocycles. The second kappa shape index (κ2) is 6.89. The topological polar surface area (TPSA) is 76.0 Å². The standard InChI is InChI=1S/C16H20N4O2/c1-11(19-16(22)10-18-13(3)21)14-4-6-15(7-5-14)20-9-8-17-12(20)2/h4-9,11H,10H2,1-3H3,(H,18,21)(H,19,22). The number of nitrogens with zero attached hydrogens (tertiary/aromatic N) is 2. The first-order valence-electron chi connectivity index (χ1n) is 7.11. The second-order valence-electron chi connectivity index (χ2n) is 5.13. The predicted molar refractivity (Wildman–Crippen MR) is 83.5 cm³/mol. The first-order chi connectivity index (χ1) is 10.5. The SMILES string of the molecule is CC(=O)NCC(=O)NC(C)c1ccc(-n2ccnc2C)cc1. The number of rotatable bonds is 5. The summed E-state index contributed by atoms with van der Waals surface area (Å²) in [6.45, 7) is 5.22. The van der Waals surface area contributed by atoms with Crippen molar-refractivity contribution >= 4 is 11.8 Å². The second-order valence-corrected chi connectivity index (χ2v) is 5.13. The third-order valence-corrected chi connectivity index (χ3v) is 3.37. The van der Waals surface area contributed by atoms with Crippen LogP contribution in [0.15, 0.2) is 36.7 Å². The van der Waals surface area contributed by atoms with E-state index in [4.69, 9.17) is 0 Å². The Labute approximate surface area is 129 Å². The van der Waals surface area contributed by atoms with E-state index in [0.29, 0.717) is 0 Å². The van der Waals surface area contributed by atoms with Gasteiger partial charge in [-0.25, -0.2) is 4.98 Å². The van der Waals surface area contributed by atoms with Gasteiger partial charge in [-0.3, -0.25) is 9.59 Å². The molecule has 0 aliphatic carbocycles. The summed E-state index contributed by atoms with van der Waals surface area (Å²) < 4.78 is 1.99. The molecular weight excluding hydrogens is 280 g/mol. The van der Waals surface area contributed by atoms with Crippen LogP contribution in [0.2, 0.25) is 0 Å². The Bertz CT molecular complexity index is 661. The fraction of sp³-hybridized carbons (Fsp3) is 0.312. The Kier molecular flexibility index (Phi) is 4.93. The van der Waals surface area contributed by atoms with Crippen molar-refractivity contribution in [1.82, 2.24) is 20.2 Å². The van der Waals surface area contributed by atoms with E-state index in [9.17, 15) is 9.59 Å². The number of aryl methyl sites for hydroxylation is 1. The van der Waals surface area contributed by atoms with Crippen molar-refractivity contribution in [2.75, 3.05) is 6.54 Å². The molecule has 0 radical (unpaired) electrons. The molecule has 6 heteroatoms. The van der Waals surface area contributed by atoms with Gasteiger partial charge in [0.2, 0.25) is 11.8 Å². The van der Waals surface area contributed by atoms with Gasteiger partial charge in [0.25, 0.3) is 0 Å². The van der Waals surface area contributed by atoms with Gasteiger partial charge in [-0.2, -0.15) is 0 Å². The lowest BCUT2D eigenvalue weighted by atomic mass is 10.1. The first kappa shape index (κ1) is 15.8. The molecule has 2 rings (SSSR count). The zero-order valence-electron chi connectivity index (χ0n) is 13.0. The van der Waals surface area contributed by atoms with Gasteiger partial charge in [0, 0.05) is 25.0 Å². The molecule has 0 aliphatic rings. The van der Waals surface area contributed by atoms with Crippen LogP contribution in [0.3, 0.4) is 0 Å². The lowest BCUT2D eigenvalue weighted by Gasteiger charge is -2.15. The summed E-state index contributed by atoms with van der Waals surface area (Å²) in [6.07, 6.45) is 3.66. The number of nitrogens with one attached hydrogen (secondary N) is 2. The maximum atomic E-state index is 11.7. The van der Waals surface area contributed by atoms with Gasteiger partial charge in [0.05, 0.1) is 12.6 Å². The molecule has 2 N–H and O–H groups in total. The van der Waals surface area contributed by atoms with E-state index in [2.05, 4.69) is 15.6 Å². The Balaban J connectivity index is 1.99. The fourth-order valence-corrected chi connectivity index (χ4v) is 2.16. The first-order valence-corrected chi connectivity index (χ1v) is 7.11. The van der Waals surface area contributed by atoms with E-state index in [0.717, 1.165) is 17.1 Å². The van der Waals surface area contributed by atoms with Crippen molar-refractivity contribution in [1.29, 1.82) is 0 Å². The van der Waals surface area contributed by atoms with E-state index < -0.39 is 0 Å². The van der Waals surface area contributed by atoms with Gasteiger partial charge in [0.1, 0.15) is 5.82 Å². The molecule has 1 aromatic heterocycles. The van der Waals surface area contributed by atoms with Crippen LogP contribution >= 0.6 is 0 Å². The molecule has 2 aromatic rings. The Morgan fingerprint density at radius 2 is 1.95 bits per heavy atom. The van der Waals surface area contributed by atoms with Gasteiger partial charge < -0.3 is 15.2 Å². The van der Waals surface area contributed by atoms with Crippen LogP contribution in [-0.2, 0) is 9.59 Å². The minimum atomic E-state index is -0.220. The van der Waals surface area contributed by atoms with Crippen LogP contribution in [0.5, 0.6) is 0 Å². The summed E-state index contributed by atoms with van der Waals surface area (Å²) in [4.78, 5) is 26.7. The van der Waals surface area contributed by atoms with Crippen LogP contribution in [0.25, 0.3) is 5.69 Å². The quantitative estimate of drug-likeness (QED) is 0.878. The summed E-state index contributed by atoms with van der Waals surface area (Å²) in [5, 5.41) is 5.32. The Hall–Kier alpha value is -2.63. The Morgan fingerprint density at radius 1 is 1.27 bits per heavy atom. The Morgan fingerprint density at radius 3 is 2.50 bits per heavy atom. The van der Waals surface area contributed by atoms with Gasteiger partial charge >= 0.3 is 0 Å². The molecule has 0 bridgehead atoms. The van der Waals surface area contributed by atoms with E-state index >= 15 is 0 Å². The van der Waals surface area contributed by atoms with E-state index in [1.54, 1.807) is 6.20 Å². The van der Waals surface area contributed by atoms with E-state index in [1.165, 1.54) is 6.92 Å². The number of benzene rings is 1. The predicted octanol–water partition coefficient (Wildman–Crippen LogP) is 1.49. The number of carbonyl (C=O) groups excluding carboxylic acids is 2. The molecule has 116 valence electrons. The van der Waals surface area contributed by atoms with Crippen LogP contribution in [-0.4, -0.2) is 27.9 Å². The summed E-state index contributed by atoms with van der Waals surface area (Å²) >= 11 is 0. The zero-order chi connectivity index (χ0) is 16.1. The molecular formula is C16H20N4O2. The molecule has 1 atom stereocenters. The molecule has 0 spiro atoms. The molecule has 2 amide bonds. The van der Waals surface area contributed by atoms with Crippen molar-refractivity contribution in [3.05, 3.63) is 48.0 Å². The zero-order valence-corrected chi connectivity index (χ0v) is 13.0. The minimum absolute atomic E-state index is 0.00795. The summed E-state index contributed by atoms with van der Waals surface area (Å²) in [5.74, 6) is 0.490. The highest BCUT2D eigenvalue weighted by Crippen LogP contribution is 2.16. The van der Waals surface area contributed by atoms with Crippen LogP contribution in [0.4, 0.5) is 0 Å².